The van der Waals surface area contributed by atoms with Crippen molar-refractivity contribution in [2.24, 2.45) is 0 Å². The van der Waals surface area contributed by atoms with Gasteiger partial charge >= 0.3 is 5.97 Å². The van der Waals surface area contributed by atoms with Crippen LogP contribution in [0.15, 0.2) is 36.7 Å². The van der Waals surface area contributed by atoms with Crippen LogP contribution in [0.25, 0.3) is 11.4 Å². The lowest BCUT2D eigenvalue weighted by Crippen LogP contribution is -2.17. The molecule has 0 spiro atoms. The van der Waals surface area contributed by atoms with Crippen LogP contribution in [0.5, 0.6) is 5.75 Å². The van der Waals surface area contributed by atoms with E-state index in [2.05, 4.69) is 16.9 Å². The number of unbranched alkanes of at least 4 members (excludes halogenated alkanes) is 9. The van der Waals surface area contributed by atoms with E-state index >= 15 is 0 Å². The van der Waals surface area contributed by atoms with Gasteiger partial charge in [-0.2, -0.15) is 0 Å². The number of carbonyl (C=O) groups is 1. The van der Waals surface area contributed by atoms with Gasteiger partial charge in [0.05, 0.1) is 0 Å². The zero-order chi connectivity index (χ0) is 21.6. The van der Waals surface area contributed by atoms with Gasteiger partial charge in [-0.25, -0.2) is 9.97 Å². The van der Waals surface area contributed by atoms with Crippen molar-refractivity contribution < 1.29 is 9.53 Å². The number of hydrogen-bond donors (Lipinski definition) is 0. The second-order valence-electron chi connectivity index (χ2n) is 7.91. The summed E-state index contributed by atoms with van der Waals surface area (Å²) in [5, 5.41) is -0.670. The molecule has 2 rings (SSSR count). The highest BCUT2D eigenvalue weighted by Gasteiger charge is 2.12. The maximum absolute atomic E-state index is 11.5. The number of aromatic nitrogens is 2. The maximum atomic E-state index is 11.5. The quantitative estimate of drug-likeness (QED) is 0.138. The Morgan fingerprint density at radius 1 is 0.900 bits per heavy atom. The van der Waals surface area contributed by atoms with E-state index < -0.39 is 11.3 Å². The largest absolute Gasteiger partial charge is 0.425 e. The molecule has 1 heterocycles. The van der Waals surface area contributed by atoms with E-state index in [1.165, 1.54) is 69.8 Å². The van der Waals surface area contributed by atoms with Crippen LogP contribution in [-0.4, -0.2) is 21.3 Å². The molecule has 1 aromatic carbocycles. The summed E-state index contributed by atoms with van der Waals surface area (Å²) in [4.78, 5) is 20.5. The molecule has 164 valence electrons. The predicted molar refractivity (Wildman–Crippen MR) is 124 cm³/mol. The van der Waals surface area contributed by atoms with Crippen molar-refractivity contribution in [2.45, 2.75) is 89.9 Å². The van der Waals surface area contributed by atoms with E-state index in [1.54, 1.807) is 19.1 Å². The Morgan fingerprint density at radius 3 is 1.97 bits per heavy atom. The van der Waals surface area contributed by atoms with Crippen LogP contribution in [0.1, 0.15) is 83.6 Å². The lowest BCUT2D eigenvalue weighted by atomic mass is 10.0. The summed E-state index contributed by atoms with van der Waals surface area (Å²) < 4.78 is 5.18. The van der Waals surface area contributed by atoms with E-state index in [0.717, 1.165) is 12.0 Å². The summed E-state index contributed by atoms with van der Waals surface area (Å²) in [6.07, 6.45) is 18.3. The Morgan fingerprint density at radius 2 is 1.43 bits per heavy atom. The van der Waals surface area contributed by atoms with Crippen LogP contribution in [-0.2, 0) is 11.2 Å². The number of esters is 1. The third-order valence-corrected chi connectivity index (χ3v) is 5.36. The molecule has 1 aromatic heterocycles. The number of ether oxygens (including phenoxy) is 1. The average Bonchev–Trinajstić information content (AvgIpc) is 2.76. The molecule has 0 unspecified atom stereocenters. The SMILES string of the molecule is CCCCCCCCCCCCc1cnc(-c2ccc(OC(=O)[C@@H](C)Cl)cc2)nc1. The van der Waals surface area contributed by atoms with Crippen molar-refractivity contribution in [2.75, 3.05) is 0 Å². The number of halogens is 1. The smallest absolute Gasteiger partial charge is 0.329 e. The molecule has 2 aromatic rings. The fraction of sp³-hybridized carbons (Fsp3) is 0.560. The highest BCUT2D eigenvalue weighted by molar-refractivity contribution is 6.29. The fourth-order valence-electron chi connectivity index (χ4n) is 3.32. The molecule has 0 amide bonds. The van der Waals surface area contributed by atoms with E-state index in [4.69, 9.17) is 16.3 Å². The van der Waals surface area contributed by atoms with Crippen LogP contribution in [0.3, 0.4) is 0 Å². The van der Waals surface area contributed by atoms with E-state index in [0.29, 0.717) is 11.6 Å². The van der Waals surface area contributed by atoms with Crippen molar-refractivity contribution in [3.63, 3.8) is 0 Å². The number of hydrogen-bond acceptors (Lipinski definition) is 4. The van der Waals surface area contributed by atoms with Crippen LogP contribution in [0, 0.1) is 0 Å². The van der Waals surface area contributed by atoms with E-state index in [-0.39, 0.29) is 0 Å². The third-order valence-electron chi connectivity index (χ3n) is 5.18. The second-order valence-corrected chi connectivity index (χ2v) is 8.56. The molecule has 0 fully saturated rings. The minimum absolute atomic E-state index is 0.461. The lowest BCUT2D eigenvalue weighted by Gasteiger charge is -2.07. The van der Waals surface area contributed by atoms with Crippen LogP contribution in [0.2, 0.25) is 0 Å². The van der Waals surface area contributed by atoms with Crippen molar-refractivity contribution in [1.29, 1.82) is 0 Å². The van der Waals surface area contributed by atoms with Crippen LogP contribution >= 0.6 is 11.6 Å². The van der Waals surface area contributed by atoms with Crippen molar-refractivity contribution in [3.05, 3.63) is 42.2 Å². The molecule has 0 aliphatic carbocycles. The van der Waals surface area contributed by atoms with Gasteiger partial charge in [0.1, 0.15) is 11.1 Å². The number of alkyl halides is 1. The fourth-order valence-corrected chi connectivity index (χ4v) is 3.36. The summed E-state index contributed by atoms with van der Waals surface area (Å²) in [5.74, 6) is 0.677. The van der Waals surface area contributed by atoms with Crippen LogP contribution in [0.4, 0.5) is 0 Å². The molecule has 0 bridgehead atoms. The number of carbonyl (C=O) groups excluding carboxylic acids is 1. The van der Waals surface area contributed by atoms with Gasteiger partial charge in [-0.1, -0.05) is 64.7 Å². The molecule has 0 saturated carbocycles. The maximum Gasteiger partial charge on any atom is 0.329 e. The van der Waals surface area contributed by atoms with Crippen molar-refractivity contribution in [3.8, 4) is 17.1 Å². The Kier molecular flexibility index (Phi) is 11.5. The van der Waals surface area contributed by atoms with E-state index in [1.807, 2.05) is 24.5 Å². The Hall–Kier alpha value is -1.94. The first kappa shape index (κ1) is 24.3. The molecule has 0 N–H and O–H groups in total. The second kappa shape index (κ2) is 14.1. The van der Waals surface area contributed by atoms with Gasteiger partial charge in [-0.15, -0.1) is 11.6 Å². The standard InChI is InChI=1S/C25H35ClN2O2/c1-3-4-5-6-7-8-9-10-11-12-13-21-18-27-24(28-19-21)22-14-16-23(17-15-22)30-25(29)20(2)26/h14-20H,3-13H2,1-2H3/t20-/m1/s1. The summed E-state index contributed by atoms with van der Waals surface area (Å²) in [5.41, 5.74) is 2.07. The van der Waals surface area contributed by atoms with Gasteiger partial charge in [0.2, 0.25) is 0 Å². The summed E-state index contributed by atoms with van der Waals surface area (Å²) in [6.45, 7) is 3.85. The molecule has 30 heavy (non-hydrogen) atoms. The molecule has 4 nitrogen and oxygen atoms in total. The van der Waals surface area contributed by atoms with Crippen molar-refractivity contribution >= 4 is 17.6 Å². The first-order chi connectivity index (χ1) is 14.6. The van der Waals surface area contributed by atoms with Gasteiger partial charge in [-0.3, -0.25) is 4.79 Å². The molecular formula is C25H35ClN2O2. The van der Waals surface area contributed by atoms with Gasteiger partial charge in [0.15, 0.2) is 5.82 Å². The molecule has 0 radical (unpaired) electrons. The van der Waals surface area contributed by atoms with Crippen molar-refractivity contribution in [1.82, 2.24) is 9.97 Å². The van der Waals surface area contributed by atoms with Crippen LogP contribution < -0.4 is 4.74 Å². The van der Waals surface area contributed by atoms with Gasteiger partial charge < -0.3 is 4.74 Å². The topological polar surface area (TPSA) is 52.1 Å². The number of nitrogens with zero attached hydrogens (tertiary/aromatic N) is 2. The summed E-state index contributed by atoms with van der Waals surface area (Å²) in [6, 6.07) is 7.15. The molecule has 5 heteroatoms. The minimum atomic E-state index is -0.670. The summed E-state index contributed by atoms with van der Waals surface area (Å²) >= 11 is 5.71. The normalized spacial score (nSPS) is 12.0. The van der Waals surface area contributed by atoms with Gasteiger partial charge in [-0.05, 0) is 49.6 Å². The molecule has 0 aliphatic heterocycles. The lowest BCUT2D eigenvalue weighted by molar-refractivity contribution is -0.133. The number of aryl methyl sites for hydroxylation is 1. The first-order valence-electron chi connectivity index (χ1n) is 11.4. The third kappa shape index (κ3) is 9.25. The molecule has 0 aliphatic rings. The summed E-state index contributed by atoms with van der Waals surface area (Å²) in [7, 11) is 0. The average molecular weight is 431 g/mol. The van der Waals surface area contributed by atoms with E-state index in [9.17, 15) is 4.79 Å². The number of rotatable bonds is 14. The zero-order valence-corrected chi connectivity index (χ0v) is 19.2. The monoisotopic (exact) mass is 430 g/mol. The Labute approximate surface area is 186 Å². The van der Waals surface area contributed by atoms with Gasteiger partial charge in [0.25, 0.3) is 0 Å². The highest BCUT2D eigenvalue weighted by Crippen LogP contribution is 2.20. The minimum Gasteiger partial charge on any atom is -0.425 e. The predicted octanol–water partition coefficient (Wildman–Crippen LogP) is 7.14. The van der Waals surface area contributed by atoms with Gasteiger partial charge in [0, 0.05) is 18.0 Å². The number of benzene rings is 1. The molecule has 1 atom stereocenters. The first-order valence-corrected chi connectivity index (χ1v) is 11.8. The molecular weight excluding hydrogens is 396 g/mol. The Balaban J connectivity index is 1.67. The Bertz CT molecular complexity index is 730. The highest BCUT2D eigenvalue weighted by atomic mass is 35.5. The zero-order valence-electron chi connectivity index (χ0n) is 18.4. The molecule has 0 saturated heterocycles.